The van der Waals surface area contributed by atoms with Crippen LogP contribution in [-0.2, 0) is 0 Å². The monoisotopic (exact) mass is 253 g/mol. The Hall–Kier alpha value is -0.340. The summed E-state index contributed by atoms with van der Waals surface area (Å²) in [6, 6.07) is 2.87. The van der Waals surface area contributed by atoms with Gasteiger partial charge in [-0.1, -0.05) is 39.0 Å². The van der Waals surface area contributed by atoms with E-state index in [1.54, 1.807) is 4.88 Å². The second-order valence-electron chi connectivity index (χ2n) is 4.95. The predicted octanol–water partition coefficient (Wildman–Crippen LogP) is 4.99. The molecule has 0 fully saturated rings. The van der Waals surface area contributed by atoms with Crippen LogP contribution >= 0.6 is 11.3 Å². The zero-order valence-corrected chi connectivity index (χ0v) is 12.6. The van der Waals surface area contributed by atoms with E-state index in [0.717, 1.165) is 0 Å². The fraction of sp³-hybridized carbons (Fsp3) is 0.733. The molecule has 17 heavy (non-hydrogen) atoms. The highest BCUT2D eigenvalue weighted by Gasteiger charge is 2.13. The van der Waals surface area contributed by atoms with Crippen molar-refractivity contribution in [2.75, 3.05) is 7.05 Å². The zero-order chi connectivity index (χ0) is 12.7. The molecule has 1 aromatic heterocycles. The van der Waals surface area contributed by atoms with Gasteiger partial charge < -0.3 is 5.32 Å². The van der Waals surface area contributed by atoms with Gasteiger partial charge in [0.25, 0.3) is 0 Å². The topological polar surface area (TPSA) is 12.0 Å². The van der Waals surface area contributed by atoms with Crippen molar-refractivity contribution in [3.63, 3.8) is 0 Å². The Morgan fingerprint density at radius 1 is 1.18 bits per heavy atom. The molecule has 1 N–H and O–H groups in total. The van der Waals surface area contributed by atoms with Crippen LogP contribution in [-0.4, -0.2) is 7.05 Å². The van der Waals surface area contributed by atoms with E-state index in [2.05, 4.69) is 39.2 Å². The van der Waals surface area contributed by atoms with Crippen LogP contribution in [0.1, 0.15) is 66.8 Å². The first-order valence-electron chi connectivity index (χ1n) is 6.93. The molecular weight excluding hydrogens is 226 g/mol. The van der Waals surface area contributed by atoms with Gasteiger partial charge in [0.15, 0.2) is 0 Å². The summed E-state index contributed by atoms with van der Waals surface area (Å²) in [7, 11) is 2.09. The van der Waals surface area contributed by atoms with Crippen LogP contribution in [0.25, 0.3) is 0 Å². The lowest BCUT2D eigenvalue weighted by atomic mass is 10.0. The fourth-order valence-corrected chi connectivity index (χ4v) is 3.54. The SMILES string of the molecule is CCCCCCCC(NC)c1sc(C)cc1C. The lowest BCUT2D eigenvalue weighted by molar-refractivity contribution is 0.505. The average Bonchev–Trinajstić information content (AvgIpc) is 2.63. The Bertz CT molecular complexity index is 317. The molecule has 1 nitrogen and oxygen atoms in total. The molecule has 1 aromatic rings. The molecule has 1 unspecified atom stereocenters. The predicted molar refractivity (Wildman–Crippen MR) is 79.0 cm³/mol. The van der Waals surface area contributed by atoms with Crippen molar-refractivity contribution < 1.29 is 0 Å². The van der Waals surface area contributed by atoms with Crippen molar-refractivity contribution in [1.82, 2.24) is 5.32 Å². The van der Waals surface area contributed by atoms with Gasteiger partial charge in [-0.2, -0.15) is 0 Å². The van der Waals surface area contributed by atoms with E-state index in [9.17, 15) is 0 Å². The van der Waals surface area contributed by atoms with Gasteiger partial charge in [-0.05, 0) is 38.9 Å². The third kappa shape index (κ3) is 4.81. The number of thiophene rings is 1. The highest BCUT2D eigenvalue weighted by molar-refractivity contribution is 7.12. The minimum absolute atomic E-state index is 0.565. The summed E-state index contributed by atoms with van der Waals surface area (Å²) in [5.41, 5.74) is 1.46. The van der Waals surface area contributed by atoms with Gasteiger partial charge in [0.05, 0.1) is 0 Å². The molecule has 2 heteroatoms. The Labute approximate surface area is 111 Å². The van der Waals surface area contributed by atoms with Gasteiger partial charge in [0.1, 0.15) is 0 Å². The average molecular weight is 253 g/mol. The number of hydrogen-bond acceptors (Lipinski definition) is 2. The molecule has 0 spiro atoms. The summed E-state index contributed by atoms with van der Waals surface area (Å²) in [6.45, 7) is 6.71. The molecule has 0 saturated carbocycles. The van der Waals surface area contributed by atoms with Crippen LogP contribution < -0.4 is 5.32 Å². The number of rotatable bonds is 8. The van der Waals surface area contributed by atoms with Gasteiger partial charge in [-0.15, -0.1) is 11.3 Å². The number of hydrogen-bond donors (Lipinski definition) is 1. The molecule has 98 valence electrons. The Morgan fingerprint density at radius 2 is 1.88 bits per heavy atom. The summed E-state index contributed by atoms with van der Waals surface area (Å²) in [4.78, 5) is 2.98. The second kappa shape index (κ2) is 7.88. The molecule has 1 heterocycles. The number of unbranched alkanes of at least 4 members (excludes halogenated alkanes) is 4. The molecule has 0 amide bonds. The van der Waals surface area contributed by atoms with Crippen molar-refractivity contribution in [1.29, 1.82) is 0 Å². The first-order valence-corrected chi connectivity index (χ1v) is 7.74. The first kappa shape index (κ1) is 14.7. The lowest BCUT2D eigenvalue weighted by Gasteiger charge is -2.15. The fourth-order valence-electron chi connectivity index (χ4n) is 2.36. The molecule has 1 atom stereocenters. The Balaban J connectivity index is 2.40. The van der Waals surface area contributed by atoms with Crippen molar-refractivity contribution in [3.8, 4) is 0 Å². The van der Waals surface area contributed by atoms with E-state index in [-0.39, 0.29) is 0 Å². The molecule has 0 bridgehead atoms. The standard InChI is InChI=1S/C15H27NS/c1-5-6-7-8-9-10-14(16-4)15-12(2)11-13(3)17-15/h11,14,16H,5-10H2,1-4H3. The maximum atomic E-state index is 3.47. The van der Waals surface area contributed by atoms with Crippen molar-refractivity contribution in [2.24, 2.45) is 0 Å². The summed E-state index contributed by atoms with van der Waals surface area (Å²) in [5, 5.41) is 3.47. The Kier molecular flexibility index (Phi) is 6.83. The third-order valence-electron chi connectivity index (χ3n) is 3.34. The molecule has 0 aliphatic carbocycles. The normalized spacial score (nSPS) is 12.9. The van der Waals surface area contributed by atoms with Gasteiger partial charge >= 0.3 is 0 Å². The molecule has 1 rings (SSSR count). The van der Waals surface area contributed by atoms with Gasteiger partial charge in [-0.3, -0.25) is 0 Å². The van der Waals surface area contributed by atoms with Crippen LogP contribution in [0.15, 0.2) is 6.07 Å². The van der Waals surface area contributed by atoms with Gasteiger partial charge in [0, 0.05) is 15.8 Å². The van der Waals surface area contributed by atoms with Crippen LogP contribution in [0, 0.1) is 13.8 Å². The van der Waals surface area contributed by atoms with E-state index in [0.29, 0.717) is 6.04 Å². The quantitative estimate of drug-likeness (QED) is 0.644. The summed E-state index contributed by atoms with van der Waals surface area (Å²) in [6.07, 6.45) is 8.13. The zero-order valence-electron chi connectivity index (χ0n) is 11.8. The van der Waals surface area contributed by atoms with Crippen LogP contribution in [0.5, 0.6) is 0 Å². The van der Waals surface area contributed by atoms with E-state index < -0.39 is 0 Å². The summed E-state index contributed by atoms with van der Waals surface area (Å²) >= 11 is 1.95. The van der Waals surface area contributed by atoms with Crippen LogP contribution in [0.3, 0.4) is 0 Å². The van der Waals surface area contributed by atoms with Gasteiger partial charge in [0.2, 0.25) is 0 Å². The molecule has 0 aromatic carbocycles. The minimum Gasteiger partial charge on any atom is -0.312 e. The van der Waals surface area contributed by atoms with Crippen LogP contribution in [0.4, 0.5) is 0 Å². The lowest BCUT2D eigenvalue weighted by Crippen LogP contribution is -2.15. The van der Waals surface area contributed by atoms with E-state index in [1.807, 2.05) is 11.3 Å². The first-order chi connectivity index (χ1) is 8.19. The Morgan fingerprint density at radius 3 is 2.41 bits per heavy atom. The molecule has 0 aliphatic heterocycles. The highest BCUT2D eigenvalue weighted by atomic mass is 32.1. The van der Waals surface area contributed by atoms with E-state index in [4.69, 9.17) is 0 Å². The van der Waals surface area contributed by atoms with Crippen molar-refractivity contribution in [2.45, 2.75) is 65.3 Å². The number of aryl methyl sites for hydroxylation is 2. The highest BCUT2D eigenvalue weighted by Crippen LogP contribution is 2.30. The third-order valence-corrected chi connectivity index (χ3v) is 4.61. The van der Waals surface area contributed by atoms with Crippen molar-refractivity contribution in [3.05, 3.63) is 21.4 Å². The number of nitrogens with one attached hydrogen (secondary N) is 1. The molecule has 0 aliphatic rings. The second-order valence-corrected chi connectivity index (χ2v) is 6.24. The smallest absolute Gasteiger partial charge is 0.0415 e. The largest absolute Gasteiger partial charge is 0.312 e. The summed E-state index contributed by atoms with van der Waals surface area (Å²) < 4.78 is 0. The van der Waals surface area contributed by atoms with Gasteiger partial charge in [-0.25, -0.2) is 0 Å². The molecular formula is C15H27NS. The maximum Gasteiger partial charge on any atom is 0.0415 e. The summed E-state index contributed by atoms with van der Waals surface area (Å²) in [5.74, 6) is 0. The van der Waals surface area contributed by atoms with E-state index in [1.165, 1.54) is 49.0 Å². The molecule has 0 radical (unpaired) electrons. The molecule has 0 saturated heterocycles. The van der Waals surface area contributed by atoms with Crippen molar-refractivity contribution >= 4 is 11.3 Å². The van der Waals surface area contributed by atoms with E-state index >= 15 is 0 Å². The maximum absolute atomic E-state index is 3.47. The minimum atomic E-state index is 0.565. The van der Waals surface area contributed by atoms with Crippen LogP contribution in [0.2, 0.25) is 0 Å².